The van der Waals surface area contributed by atoms with E-state index in [0.717, 1.165) is 22.5 Å². The number of aromatic nitrogens is 1. The first-order chi connectivity index (χ1) is 11.4. The van der Waals surface area contributed by atoms with Crippen LogP contribution in [0.4, 0.5) is 23.0 Å². The van der Waals surface area contributed by atoms with Crippen molar-refractivity contribution >= 4 is 23.0 Å². The fraction of sp³-hybridized carbons (Fsp3) is 0.105. The number of hydrogen-bond acceptors (Lipinski definition) is 5. The van der Waals surface area contributed by atoms with Gasteiger partial charge in [-0.3, -0.25) is 0 Å². The second-order valence-electron chi connectivity index (χ2n) is 5.63. The summed E-state index contributed by atoms with van der Waals surface area (Å²) in [6.07, 6.45) is 0. The third-order valence-corrected chi connectivity index (χ3v) is 3.67. The van der Waals surface area contributed by atoms with Crippen molar-refractivity contribution in [2.24, 2.45) is 0 Å². The van der Waals surface area contributed by atoms with Crippen LogP contribution in [0, 0.1) is 13.8 Å². The van der Waals surface area contributed by atoms with Crippen molar-refractivity contribution in [2.45, 2.75) is 13.8 Å². The Morgan fingerprint density at radius 3 is 1.33 bits per heavy atom. The lowest BCUT2D eigenvalue weighted by Crippen LogP contribution is -1.93. The lowest BCUT2D eigenvalue weighted by molar-refractivity contribution is 1.34. The van der Waals surface area contributed by atoms with Crippen molar-refractivity contribution < 1.29 is 0 Å². The van der Waals surface area contributed by atoms with Crippen LogP contribution in [-0.2, 0) is 0 Å². The molecule has 0 aliphatic rings. The summed E-state index contributed by atoms with van der Waals surface area (Å²) in [5.41, 5.74) is 28.4. The molecule has 5 nitrogen and oxygen atoms in total. The molecule has 0 amide bonds. The van der Waals surface area contributed by atoms with Gasteiger partial charge in [-0.25, -0.2) is 4.98 Å². The summed E-state index contributed by atoms with van der Waals surface area (Å²) in [5, 5.41) is 0. The molecule has 0 aliphatic carbocycles. The van der Waals surface area contributed by atoms with Gasteiger partial charge in [-0.2, -0.15) is 0 Å². The van der Waals surface area contributed by atoms with E-state index in [4.69, 9.17) is 22.9 Å². The average molecular weight is 321 g/mol. The third-order valence-electron chi connectivity index (χ3n) is 3.67. The molecule has 0 saturated carbocycles. The van der Waals surface area contributed by atoms with Gasteiger partial charge in [0.05, 0.1) is 0 Å². The van der Waals surface area contributed by atoms with Crippen molar-refractivity contribution in [3.63, 3.8) is 0 Å². The lowest BCUT2D eigenvalue weighted by atomic mass is 10.0. The highest BCUT2D eigenvalue weighted by atomic mass is 14.9. The van der Waals surface area contributed by atoms with Crippen molar-refractivity contribution in [3.05, 3.63) is 65.7 Å². The molecule has 0 radical (unpaired) electrons. The number of anilines is 4. The lowest BCUT2D eigenvalue weighted by Gasteiger charge is -2.07. The Balaban J connectivity index is 0.000000219. The van der Waals surface area contributed by atoms with Gasteiger partial charge in [-0.15, -0.1) is 0 Å². The topological polar surface area (TPSA) is 117 Å². The number of nitrogens with zero attached hydrogens (tertiary/aromatic N) is 1. The van der Waals surface area contributed by atoms with Gasteiger partial charge in [0.1, 0.15) is 11.6 Å². The molecule has 2 aromatic carbocycles. The van der Waals surface area contributed by atoms with Crippen molar-refractivity contribution in [1.29, 1.82) is 0 Å². The molecule has 0 fully saturated rings. The molecular weight excluding hydrogens is 298 g/mol. The molecule has 3 rings (SSSR count). The minimum atomic E-state index is 0.463. The van der Waals surface area contributed by atoms with Gasteiger partial charge in [0, 0.05) is 11.4 Å². The van der Waals surface area contributed by atoms with E-state index in [-0.39, 0.29) is 0 Å². The Kier molecular flexibility index (Phi) is 5.27. The zero-order chi connectivity index (χ0) is 17.7. The molecule has 0 aliphatic heterocycles. The predicted octanol–water partition coefficient (Wildman–Crippen LogP) is 3.38. The van der Waals surface area contributed by atoms with Crippen molar-refractivity contribution in [1.82, 2.24) is 4.98 Å². The Labute approximate surface area is 142 Å². The van der Waals surface area contributed by atoms with Gasteiger partial charge in [0.15, 0.2) is 0 Å². The minimum absolute atomic E-state index is 0.463. The van der Waals surface area contributed by atoms with Crippen LogP contribution in [0.5, 0.6) is 0 Å². The standard InChI is InChI=1S/C14H16N2.C5H7N3/c1-9-7-11(3-5-13(9)15)12-4-6-14(16)10(2)8-12;6-4-2-1-3-5(7)8-4/h3-8H,15-16H2,1-2H3;1-3H,(H4,6,7,8). The molecular formula is C19H23N5. The van der Waals surface area contributed by atoms with Crippen molar-refractivity contribution in [3.8, 4) is 11.1 Å². The SMILES string of the molecule is Cc1cc(-c2ccc(N)c(C)c2)ccc1N.Nc1cccc(N)n1. The van der Waals surface area contributed by atoms with Crippen LogP contribution in [0.2, 0.25) is 0 Å². The average Bonchev–Trinajstić information content (AvgIpc) is 2.53. The second-order valence-corrected chi connectivity index (χ2v) is 5.63. The summed E-state index contributed by atoms with van der Waals surface area (Å²) < 4.78 is 0. The predicted molar refractivity (Wildman–Crippen MR) is 103 cm³/mol. The monoisotopic (exact) mass is 321 g/mol. The number of pyridine rings is 1. The zero-order valence-corrected chi connectivity index (χ0v) is 14.0. The Hall–Kier alpha value is -3.21. The van der Waals surface area contributed by atoms with E-state index < -0.39 is 0 Å². The van der Waals surface area contributed by atoms with E-state index in [9.17, 15) is 0 Å². The van der Waals surface area contributed by atoms with Crippen LogP contribution in [-0.4, -0.2) is 4.98 Å². The van der Waals surface area contributed by atoms with Gasteiger partial charge in [-0.1, -0.05) is 18.2 Å². The van der Waals surface area contributed by atoms with Crippen LogP contribution < -0.4 is 22.9 Å². The molecule has 0 unspecified atom stereocenters. The molecule has 1 heterocycles. The molecule has 0 spiro atoms. The Bertz CT molecular complexity index is 776. The molecule has 0 atom stereocenters. The smallest absolute Gasteiger partial charge is 0.125 e. The maximum absolute atomic E-state index is 5.80. The Morgan fingerprint density at radius 1 is 0.625 bits per heavy atom. The normalized spacial score (nSPS) is 9.92. The highest BCUT2D eigenvalue weighted by Gasteiger charge is 2.01. The third kappa shape index (κ3) is 4.39. The number of nitrogens with two attached hydrogens (primary N) is 4. The number of aryl methyl sites for hydroxylation is 2. The number of benzene rings is 2. The molecule has 1 aromatic heterocycles. The summed E-state index contributed by atoms with van der Waals surface area (Å²) in [6.45, 7) is 4.03. The summed E-state index contributed by atoms with van der Waals surface area (Å²) in [7, 11) is 0. The Morgan fingerprint density at radius 2 is 1.04 bits per heavy atom. The van der Waals surface area contributed by atoms with E-state index in [1.807, 2.05) is 38.1 Å². The summed E-state index contributed by atoms with van der Waals surface area (Å²) >= 11 is 0. The molecule has 124 valence electrons. The molecule has 3 aromatic rings. The molecule has 0 bridgehead atoms. The molecule has 5 heteroatoms. The number of rotatable bonds is 1. The number of hydrogen-bond donors (Lipinski definition) is 4. The maximum atomic E-state index is 5.80. The summed E-state index contributed by atoms with van der Waals surface area (Å²) in [5.74, 6) is 0.926. The van der Waals surface area contributed by atoms with E-state index in [0.29, 0.717) is 11.6 Å². The van der Waals surface area contributed by atoms with Crippen molar-refractivity contribution in [2.75, 3.05) is 22.9 Å². The van der Waals surface area contributed by atoms with E-state index in [2.05, 4.69) is 17.1 Å². The van der Waals surface area contributed by atoms with Crippen LogP contribution in [0.3, 0.4) is 0 Å². The second kappa shape index (κ2) is 7.37. The molecule has 8 N–H and O–H groups in total. The fourth-order valence-electron chi connectivity index (χ4n) is 2.18. The van der Waals surface area contributed by atoms with Gasteiger partial charge in [-0.05, 0) is 72.5 Å². The van der Waals surface area contributed by atoms with E-state index >= 15 is 0 Å². The summed E-state index contributed by atoms with van der Waals surface area (Å²) in [4.78, 5) is 3.73. The molecule has 0 saturated heterocycles. The molecule has 24 heavy (non-hydrogen) atoms. The number of nitrogen functional groups attached to an aromatic ring is 4. The largest absolute Gasteiger partial charge is 0.399 e. The zero-order valence-electron chi connectivity index (χ0n) is 14.0. The maximum Gasteiger partial charge on any atom is 0.125 e. The van der Waals surface area contributed by atoms with Gasteiger partial charge in [0.2, 0.25) is 0 Å². The van der Waals surface area contributed by atoms with Crippen LogP contribution in [0.25, 0.3) is 11.1 Å². The minimum Gasteiger partial charge on any atom is -0.399 e. The quantitative estimate of drug-likeness (QED) is 0.513. The van der Waals surface area contributed by atoms with Gasteiger partial charge >= 0.3 is 0 Å². The summed E-state index contributed by atoms with van der Waals surface area (Å²) in [6, 6.07) is 17.3. The van der Waals surface area contributed by atoms with Gasteiger partial charge < -0.3 is 22.9 Å². The highest BCUT2D eigenvalue weighted by molar-refractivity contribution is 5.70. The van der Waals surface area contributed by atoms with E-state index in [1.54, 1.807) is 18.2 Å². The first-order valence-corrected chi connectivity index (χ1v) is 7.57. The first-order valence-electron chi connectivity index (χ1n) is 7.57. The van der Waals surface area contributed by atoms with Crippen LogP contribution in [0.15, 0.2) is 54.6 Å². The highest BCUT2D eigenvalue weighted by Crippen LogP contribution is 2.25. The van der Waals surface area contributed by atoms with Crippen LogP contribution in [0.1, 0.15) is 11.1 Å². The van der Waals surface area contributed by atoms with E-state index in [1.165, 1.54) is 11.1 Å². The fourth-order valence-corrected chi connectivity index (χ4v) is 2.18. The van der Waals surface area contributed by atoms with Gasteiger partial charge in [0.25, 0.3) is 0 Å². The first kappa shape index (κ1) is 17.1. The van der Waals surface area contributed by atoms with Crippen LogP contribution >= 0.6 is 0 Å².